The Labute approximate surface area is 342 Å². The summed E-state index contributed by atoms with van der Waals surface area (Å²) in [7, 11) is 4.00. The molecule has 300 valence electrons. The summed E-state index contributed by atoms with van der Waals surface area (Å²) in [6.07, 6.45) is 6.89. The second-order valence-electron chi connectivity index (χ2n) is 15.9. The van der Waals surface area contributed by atoms with E-state index in [0.29, 0.717) is 96.5 Å². The fourth-order valence-electron chi connectivity index (χ4n) is 7.62. The summed E-state index contributed by atoms with van der Waals surface area (Å²) in [5, 5.41) is 16.8. The van der Waals surface area contributed by atoms with Gasteiger partial charge in [-0.1, -0.05) is 59.6 Å². The molecule has 0 spiro atoms. The van der Waals surface area contributed by atoms with Gasteiger partial charge in [0.1, 0.15) is 5.75 Å². The molecule has 11 nitrogen and oxygen atoms in total. The Hall–Kier alpha value is -4.55. The summed E-state index contributed by atoms with van der Waals surface area (Å²) in [5.74, 6) is 0.453. The molecule has 3 heterocycles. The van der Waals surface area contributed by atoms with Crippen molar-refractivity contribution in [3.8, 4) is 5.75 Å². The van der Waals surface area contributed by atoms with Gasteiger partial charge in [-0.2, -0.15) is 0 Å². The highest BCUT2D eigenvalue weighted by Gasteiger charge is 2.36. The van der Waals surface area contributed by atoms with Gasteiger partial charge < -0.3 is 25.0 Å². The average molecular weight is 814 g/mol. The molecule has 1 aliphatic heterocycles. The molecule has 0 unspecified atom stereocenters. The number of nitrogens with zero attached hydrogens (tertiary/aromatic N) is 5. The van der Waals surface area contributed by atoms with E-state index in [0.717, 1.165) is 48.0 Å². The van der Waals surface area contributed by atoms with E-state index < -0.39 is 5.60 Å². The maximum atomic E-state index is 14.1. The lowest BCUT2D eigenvalue weighted by atomic mass is 9.88. The maximum absolute atomic E-state index is 14.1. The standard InChI is InChI=1S/C44H50Cl2N6O5/c1-50(2)18-7-21-57-40-26-38-34(24-36(40)46)43(55)52(28-48-38)27-44(56)15-19-51(20-16-44)42(54)32(22-29-8-4-3-5-9-29)10-6-17-47-41(53)31-13-14-33-35(45)25-37(30-11-12-30)49-39(33)23-31/h3-5,8-9,13-14,23-26,28,30,32,56H,6-7,10-12,15-22,27H2,1-2H3,(H,47,53)/t32-/m1/s1. The number of fused-ring (bicyclic) bond motifs is 2. The fourth-order valence-corrected chi connectivity index (χ4v) is 8.11. The number of rotatable bonds is 16. The van der Waals surface area contributed by atoms with Crippen LogP contribution in [0.3, 0.4) is 0 Å². The molecule has 2 aliphatic rings. The molecule has 0 radical (unpaired) electrons. The van der Waals surface area contributed by atoms with Crippen LogP contribution in [0.4, 0.5) is 0 Å². The number of hydrogen-bond acceptors (Lipinski definition) is 8. The third-order valence-electron chi connectivity index (χ3n) is 11.1. The number of ether oxygens (including phenoxy) is 1. The molecule has 2 amide bonds. The van der Waals surface area contributed by atoms with Crippen LogP contribution in [0.5, 0.6) is 5.75 Å². The molecule has 5 aromatic rings. The minimum atomic E-state index is -1.20. The van der Waals surface area contributed by atoms with Crippen LogP contribution in [0.1, 0.15) is 72.5 Å². The minimum absolute atomic E-state index is 0.0232. The molecule has 2 aromatic heterocycles. The van der Waals surface area contributed by atoms with Crippen molar-refractivity contribution in [3.63, 3.8) is 0 Å². The van der Waals surface area contributed by atoms with Gasteiger partial charge in [0.15, 0.2) is 0 Å². The molecule has 13 heteroatoms. The molecule has 1 saturated heterocycles. The monoisotopic (exact) mass is 812 g/mol. The Morgan fingerprint density at radius 3 is 2.49 bits per heavy atom. The van der Waals surface area contributed by atoms with Gasteiger partial charge in [-0.05, 0) is 95.3 Å². The van der Waals surface area contributed by atoms with E-state index in [4.69, 9.17) is 32.9 Å². The highest BCUT2D eigenvalue weighted by Crippen LogP contribution is 2.41. The SMILES string of the molecule is CN(C)CCCOc1cc2ncn(CC3(O)CCN(C(=O)[C@H](CCCNC(=O)c4ccc5c(Cl)cc(C6CC6)nc5c4)Cc4ccccc4)CC3)c(=O)c2cc1Cl. The predicted molar refractivity (Wildman–Crippen MR) is 224 cm³/mol. The molecule has 2 N–H and O–H groups in total. The number of nitrogens with one attached hydrogen (secondary N) is 1. The van der Waals surface area contributed by atoms with Crippen molar-refractivity contribution in [1.29, 1.82) is 0 Å². The molecule has 1 saturated carbocycles. The first-order valence-electron chi connectivity index (χ1n) is 19.9. The van der Waals surface area contributed by atoms with Crippen LogP contribution in [0, 0.1) is 5.92 Å². The largest absolute Gasteiger partial charge is 0.492 e. The first kappa shape index (κ1) is 40.6. The van der Waals surface area contributed by atoms with Crippen LogP contribution in [0.25, 0.3) is 21.8 Å². The number of halogens is 2. The van der Waals surface area contributed by atoms with Crippen LogP contribution in [-0.2, 0) is 17.8 Å². The van der Waals surface area contributed by atoms with Crippen LogP contribution in [0.15, 0.2) is 77.9 Å². The van der Waals surface area contributed by atoms with Crippen molar-refractivity contribution in [2.24, 2.45) is 5.92 Å². The minimum Gasteiger partial charge on any atom is -0.492 e. The fraction of sp³-hybridized carbons (Fsp3) is 0.432. The van der Waals surface area contributed by atoms with E-state index in [9.17, 15) is 19.5 Å². The van der Waals surface area contributed by atoms with Gasteiger partial charge in [-0.25, -0.2) is 4.98 Å². The zero-order valence-electron chi connectivity index (χ0n) is 32.6. The Bertz CT molecular complexity index is 2290. The zero-order chi connectivity index (χ0) is 40.1. The molecule has 1 atom stereocenters. The normalized spacial score (nSPS) is 15.9. The Kier molecular flexibility index (Phi) is 12.8. The van der Waals surface area contributed by atoms with Gasteiger partial charge in [0.05, 0.1) is 51.5 Å². The number of amides is 2. The number of carbonyl (C=O) groups is 2. The van der Waals surface area contributed by atoms with E-state index in [1.165, 1.54) is 10.9 Å². The zero-order valence-corrected chi connectivity index (χ0v) is 34.1. The lowest BCUT2D eigenvalue weighted by Crippen LogP contribution is -2.51. The molecule has 3 aromatic carbocycles. The average Bonchev–Trinajstić information content (AvgIpc) is 4.05. The highest BCUT2D eigenvalue weighted by molar-refractivity contribution is 6.35. The number of carbonyl (C=O) groups excluding carboxylic acids is 2. The van der Waals surface area contributed by atoms with Crippen LogP contribution >= 0.6 is 23.2 Å². The summed E-state index contributed by atoms with van der Waals surface area (Å²) in [6.45, 7) is 2.54. The van der Waals surface area contributed by atoms with Gasteiger partial charge in [0.2, 0.25) is 5.91 Å². The Balaban J connectivity index is 0.950. The lowest BCUT2D eigenvalue weighted by molar-refractivity contribution is -0.140. The molecule has 57 heavy (non-hydrogen) atoms. The number of benzene rings is 3. The molecular formula is C44H50Cl2N6O5. The number of hydrogen-bond donors (Lipinski definition) is 2. The number of aromatic nitrogens is 3. The van der Waals surface area contributed by atoms with Crippen molar-refractivity contribution in [2.75, 3.05) is 46.9 Å². The van der Waals surface area contributed by atoms with Gasteiger partial charge in [0.25, 0.3) is 11.5 Å². The predicted octanol–water partition coefficient (Wildman–Crippen LogP) is 6.88. The van der Waals surface area contributed by atoms with Crippen LogP contribution in [-0.4, -0.2) is 93.7 Å². The first-order chi connectivity index (χ1) is 27.5. The lowest BCUT2D eigenvalue weighted by Gasteiger charge is -2.39. The second kappa shape index (κ2) is 17.9. The topological polar surface area (TPSA) is 130 Å². The number of piperidine rings is 1. The summed E-state index contributed by atoms with van der Waals surface area (Å²) in [6, 6.07) is 20.5. The van der Waals surface area contributed by atoms with Crippen LogP contribution in [0.2, 0.25) is 10.0 Å². The second-order valence-corrected chi connectivity index (χ2v) is 16.7. The third-order valence-corrected chi connectivity index (χ3v) is 11.7. The van der Waals surface area contributed by atoms with E-state index in [1.54, 1.807) is 24.3 Å². The van der Waals surface area contributed by atoms with Crippen molar-refractivity contribution >= 4 is 56.8 Å². The van der Waals surface area contributed by atoms with Crippen molar-refractivity contribution in [3.05, 3.63) is 110 Å². The van der Waals surface area contributed by atoms with Crippen molar-refractivity contribution in [1.82, 2.24) is 29.7 Å². The molecule has 2 fully saturated rings. The summed E-state index contributed by atoms with van der Waals surface area (Å²) >= 11 is 13.0. The Morgan fingerprint density at radius 1 is 0.982 bits per heavy atom. The molecular weight excluding hydrogens is 763 g/mol. The van der Waals surface area contributed by atoms with Gasteiger partial charge in [-0.3, -0.25) is 23.9 Å². The van der Waals surface area contributed by atoms with Crippen LogP contribution < -0.4 is 15.6 Å². The molecule has 0 bridgehead atoms. The number of aliphatic hydroxyl groups is 1. The van der Waals surface area contributed by atoms with E-state index in [1.807, 2.05) is 61.5 Å². The first-order valence-corrected chi connectivity index (χ1v) is 20.6. The summed E-state index contributed by atoms with van der Waals surface area (Å²) < 4.78 is 7.28. The summed E-state index contributed by atoms with van der Waals surface area (Å²) in [4.78, 5) is 54.0. The quantitative estimate of drug-likeness (QED) is 0.103. The Morgan fingerprint density at radius 2 is 1.75 bits per heavy atom. The molecule has 1 aliphatic carbocycles. The van der Waals surface area contributed by atoms with E-state index in [-0.39, 0.29) is 29.8 Å². The van der Waals surface area contributed by atoms with E-state index >= 15 is 0 Å². The number of likely N-dealkylation sites (tertiary alicyclic amines) is 1. The third kappa shape index (κ3) is 10.1. The maximum Gasteiger partial charge on any atom is 0.261 e. The molecule has 7 rings (SSSR count). The van der Waals surface area contributed by atoms with Gasteiger partial charge in [-0.15, -0.1) is 0 Å². The smallest absolute Gasteiger partial charge is 0.261 e. The van der Waals surface area contributed by atoms with E-state index in [2.05, 4.69) is 15.2 Å². The van der Waals surface area contributed by atoms with Crippen molar-refractivity contribution < 1.29 is 19.4 Å². The number of pyridine rings is 1. The summed E-state index contributed by atoms with van der Waals surface area (Å²) in [5.41, 5.74) is 2.26. The highest BCUT2D eigenvalue weighted by atomic mass is 35.5. The van der Waals surface area contributed by atoms with Gasteiger partial charge in [0, 0.05) is 60.7 Å². The van der Waals surface area contributed by atoms with Crippen molar-refractivity contribution in [2.45, 2.75) is 69.4 Å². The van der Waals surface area contributed by atoms with Gasteiger partial charge >= 0.3 is 0 Å².